The van der Waals surface area contributed by atoms with Gasteiger partial charge in [-0.1, -0.05) is 89.2 Å². The maximum Gasteiger partial charge on any atom is 0.172 e. The van der Waals surface area contributed by atoms with Crippen molar-refractivity contribution in [2.24, 2.45) is 0 Å². The van der Waals surface area contributed by atoms with Crippen LogP contribution in [0.5, 0.6) is 0 Å². The van der Waals surface area contributed by atoms with Crippen molar-refractivity contribution in [3.05, 3.63) is 177 Å². The molecule has 1 unspecified atom stereocenters. The molecule has 266 valence electrons. The number of rotatable bonds is 6. The molecule has 0 heterocycles. The van der Waals surface area contributed by atoms with Crippen LogP contribution < -0.4 is 21.2 Å². The van der Waals surface area contributed by atoms with E-state index < -0.39 is 15.8 Å². The Morgan fingerprint density at radius 1 is 0.449 bits per heavy atom. The largest absolute Gasteiger partial charge is 0.731 e. The van der Waals surface area contributed by atoms with Gasteiger partial charge < -0.3 is 27.8 Å². The van der Waals surface area contributed by atoms with E-state index in [1.54, 1.807) is 0 Å². The summed E-state index contributed by atoms with van der Waals surface area (Å²) < 4.78 is 0. The van der Waals surface area contributed by atoms with E-state index in [1.807, 2.05) is 0 Å². The summed E-state index contributed by atoms with van der Waals surface area (Å²) in [6, 6.07) is 45.2. The molecule has 2 radical (unpaired) electrons. The Hall–Kier alpha value is -2.26. The molecule has 0 aromatic heterocycles. The molecule has 0 saturated carbocycles. The van der Waals surface area contributed by atoms with Gasteiger partial charge in [0.05, 0.1) is 13.2 Å². The van der Waals surface area contributed by atoms with E-state index in [0.717, 1.165) is 0 Å². The Labute approximate surface area is 327 Å². The van der Waals surface area contributed by atoms with Gasteiger partial charge in [-0.25, -0.2) is 34.6 Å². The SMILES string of the molecule is C[c-]1[c-](C)[c-](C)[c-](C)[c-]1C.Cc1c(C)c(C)[c-](C)c1C.[Ir].[Ir].[c-]1ccccc1[PH+](C[PH+](c1ccccc1)c1ccccc1)c1ccccc1. The zero-order valence-corrected chi connectivity index (χ0v) is 37.6. The van der Waals surface area contributed by atoms with Crippen LogP contribution in [0, 0.1) is 75.3 Å². The minimum atomic E-state index is -0.903. The molecule has 0 aliphatic rings. The molecule has 0 aliphatic carbocycles. The van der Waals surface area contributed by atoms with E-state index in [-0.39, 0.29) is 40.2 Å². The van der Waals surface area contributed by atoms with Crippen molar-refractivity contribution in [2.45, 2.75) is 69.2 Å². The Morgan fingerprint density at radius 3 is 1.06 bits per heavy atom. The van der Waals surface area contributed by atoms with Crippen molar-refractivity contribution < 1.29 is 40.2 Å². The number of hydrogen-bond acceptors (Lipinski definition) is 0. The molecule has 0 N–H and O–H groups in total. The van der Waals surface area contributed by atoms with Gasteiger partial charge in [0.25, 0.3) is 0 Å². The molecule has 6 aromatic carbocycles. The standard InChI is InChI=1S/C25H21P2.2C10H15.2Ir/c1-5-13-22(14-6-1)26(23-15-7-2-8-16-23)21-27(24-17-9-3-10-18-24)25-19-11-4-12-20-25;2*1-6-7(2)9(4)10(5)8(6)3;;/h1-19H,21H2;2*1-5H3;;/q-1;-5;-1;;/p+2. The van der Waals surface area contributed by atoms with Gasteiger partial charge in [0.1, 0.15) is 18.5 Å². The molecule has 0 aliphatic heterocycles. The first-order valence-corrected chi connectivity index (χ1v) is 20.2. The number of hydrogen-bond donors (Lipinski definition) is 0. The summed E-state index contributed by atoms with van der Waals surface area (Å²) in [5.74, 6) is 1.22. The summed E-state index contributed by atoms with van der Waals surface area (Å²) in [5, 5.41) is 5.83. The zero-order chi connectivity index (χ0) is 34.1. The molecule has 6 aromatic rings. The van der Waals surface area contributed by atoms with Crippen LogP contribution in [0.3, 0.4) is 0 Å². The third-order valence-corrected chi connectivity index (χ3v) is 17.3. The normalized spacial score (nSPS) is 10.9. The first-order valence-electron chi connectivity index (χ1n) is 16.8. The summed E-state index contributed by atoms with van der Waals surface area (Å²) in [4.78, 5) is 0. The molecule has 0 nitrogen and oxygen atoms in total. The molecule has 4 heteroatoms. The third kappa shape index (κ3) is 10.9. The summed E-state index contributed by atoms with van der Waals surface area (Å²) in [6.07, 6.45) is 0. The molecule has 0 spiro atoms. The van der Waals surface area contributed by atoms with Gasteiger partial charge >= 0.3 is 0 Å². The van der Waals surface area contributed by atoms with E-state index in [2.05, 4.69) is 191 Å². The van der Waals surface area contributed by atoms with E-state index in [1.165, 1.54) is 82.8 Å². The summed E-state index contributed by atoms with van der Waals surface area (Å²) in [7, 11) is -1.77. The predicted octanol–water partition coefficient (Wildman–Crippen LogP) is 10.4. The van der Waals surface area contributed by atoms with Crippen LogP contribution in [0.15, 0.2) is 115 Å². The minimum absolute atomic E-state index is 0. The molecule has 6 rings (SSSR count). The van der Waals surface area contributed by atoms with E-state index in [9.17, 15) is 0 Å². The second kappa shape index (κ2) is 20.6. The number of benzene rings is 4. The molecular formula is C45H53Ir2P2-5. The van der Waals surface area contributed by atoms with Crippen LogP contribution >= 0.6 is 15.8 Å². The van der Waals surface area contributed by atoms with Crippen LogP contribution in [-0.2, 0) is 40.2 Å². The van der Waals surface area contributed by atoms with Gasteiger partial charge in [0, 0.05) is 40.2 Å². The van der Waals surface area contributed by atoms with Crippen molar-refractivity contribution >= 4 is 37.1 Å². The Morgan fingerprint density at radius 2 is 0.776 bits per heavy atom. The van der Waals surface area contributed by atoms with Crippen molar-refractivity contribution in [1.29, 1.82) is 0 Å². The van der Waals surface area contributed by atoms with Gasteiger partial charge in [0.2, 0.25) is 0 Å². The topological polar surface area (TPSA) is 0 Å². The fourth-order valence-corrected chi connectivity index (χ4v) is 13.8. The molecular weight excluding hydrogens is 987 g/mol. The first-order chi connectivity index (χ1) is 22.5. The second-order valence-corrected chi connectivity index (χ2v) is 18.4. The van der Waals surface area contributed by atoms with E-state index in [4.69, 9.17) is 0 Å². The molecule has 49 heavy (non-hydrogen) atoms. The molecule has 0 fully saturated rings. The second-order valence-electron chi connectivity index (χ2n) is 12.8. The van der Waals surface area contributed by atoms with Crippen molar-refractivity contribution in [1.82, 2.24) is 0 Å². The summed E-state index contributed by atoms with van der Waals surface area (Å²) in [5.41, 5.74) is 14.7. The smallest absolute Gasteiger partial charge is 0.172 e. The Kier molecular flexibility index (Phi) is 18.0. The van der Waals surface area contributed by atoms with Crippen molar-refractivity contribution in [3.63, 3.8) is 0 Å². The van der Waals surface area contributed by atoms with Crippen molar-refractivity contribution in [3.8, 4) is 0 Å². The Balaban J connectivity index is 0.000000313. The zero-order valence-electron chi connectivity index (χ0n) is 30.8. The summed E-state index contributed by atoms with van der Waals surface area (Å²) >= 11 is 0. The quantitative estimate of drug-likeness (QED) is 0.115. The van der Waals surface area contributed by atoms with E-state index >= 15 is 0 Å². The Bertz CT molecular complexity index is 1460. The average molecular weight is 1040 g/mol. The van der Waals surface area contributed by atoms with Gasteiger partial charge in [0.15, 0.2) is 5.90 Å². The maximum atomic E-state index is 3.54. The third-order valence-electron chi connectivity index (χ3n) is 10.4. The fourth-order valence-electron chi connectivity index (χ4n) is 6.21. The molecule has 0 saturated heterocycles. The monoisotopic (exact) mass is 1040 g/mol. The van der Waals surface area contributed by atoms with Crippen molar-refractivity contribution in [2.75, 3.05) is 5.90 Å². The molecule has 0 amide bonds. The van der Waals surface area contributed by atoms with Gasteiger partial charge in [-0.2, -0.15) is 46.0 Å². The van der Waals surface area contributed by atoms with Gasteiger partial charge in [-0.05, 0) is 41.7 Å². The maximum absolute atomic E-state index is 3.54. The minimum Gasteiger partial charge on any atom is -0.731 e. The van der Waals surface area contributed by atoms with Crippen LogP contribution in [0.1, 0.15) is 55.6 Å². The predicted molar refractivity (Wildman–Crippen MR) is 216 cm³/mol. The van der Waals surface area contributed by atoms with Crippen LogP contribution in [-0.4, -0.2) is 5.90 Å². The fraction of sp³-hybridized carbons (Fsp3) is 0.244. The van der Waals surface area contributed by atoms with Gasteiger partial charge in [-0.15, -0.1) is 12.1 Å². The van der Waals surface area contributed by atoms with Crippen LogP contribution in [0.2, 0.25) is 0 Å². The molecule has 1 atom stereocenters. The summed E-state index contributed by atoms with van der Waals surface area (Å²) in [6.45, 7) is 22.0. The van der Waals surface area contributed by atoms with Crippen LogP contribution in [0.4, 0.5) is 0 Å². The first kappa shape index (κ1) is 42.9. The van der Waals surface area contributed by atoms with Gasteiger partial charge in [-0.3, -0.25) is 0 Å². The molecule has 0 bridgehead atoms. The van der Waals surface area contributed by atoms with E-state index in [0.29, 0.717) is 0 Å². The van der Waals surface area contributed by atoms with Crippen LogP contribution in [0.25, 0.3) is 0 Å². The average Bonchev–Trinajstić information content (AvgIpc) is 3.40.